The summed E-state index contributed by atoms with van der Waals surface area (Å²) >= 11 is 0. The Hall–Kier alpha value is -0.850. The molecule has 0 saturated heterocycles. The molecule has 0 aliphatic heterocycles. The highest BCUT2D eigenvalue weighted by Crippen LogP contribution is 2.53. The van der Waals surface area contributed by atoms with Crippen LogP contribution in [0.15, 0.2) is 23.3 Å². The maximum atomic E-state index is 12.3. The van der Waals surface area contributed by atoms with Crippen LogP contribution in [0.1, 0.15) is 47.0 Å². The Balaban J connectivity index is 2.54. The third-order valence-corrected chi connectivity index (χ3v) is 4.16. The van der Waals surface area contributed by atoms with E-state index in [9.17, 15) is 4.79 Å². The summed E-state index contributed by atoms with van der Waals surface area (Å²) in [7, 11) is 0. The molecule has 0 heterocycles. The van der Waals surface area contributed by atoms with Crippen LogP contribution in [-0.2, 0) is 4.79 Å². The van der Waals surface area contributed by atoms with Gasteiger partial charge in [-0.3, -0.25) is 4.79 Å². The van der Waals surface area contributed by atoms with Gasteiger partial charge in [-0.25, -0.2) is 0 Å². The molecular formula is C14H20O. The largest absolute Gasteiger partial charge is 0.294 e. The summed E-state index contributed by atoms with van der Waals surface area (Å²) in [5.74, 6) is 0.341. The van der Waals surface area contributed by atoms with Crippen LogP contribution in [0.2, 0.25) is 0 Å². The Morgan fingerprint density at radius 2 is 1.80 bits per heavy atom. The van der Waals surface area contributed by atoms with Gasteiger partial charge in [-0.2, -0.15) is 0 Å². The van der Waals surface area contributed by atoms with Gasteiger partial charge in [0.05, 0.1) is 5.41 Å². The highest BCUT2D eigenvalue weighted by atomic mass is 16.1. The lowest BCUT2D eigenvalue weighted by molar-refractivity contribution is -0.124. The summed E-state index contributed by atoms with van der Waals surface area (Å²) in [6, 6.07) is 0. The van der Waals surface area contributed by atoms with Crippen LogP contribution >= 0.6 is 0 Å². The van der Waals surface area contributed by atoms with Crippen LogP contribution < -0.4 is 0 Å². The average molecular weight is 204 g/mol. The maximum absolute atomic E-state index is 12.3. The summed E-state index contributed by atoms with van der Waals surface area (Å²) in [5.41, 5.74) is 2.25. The molecule has 1 atom stereocenters. The van der Waals surface area contributed by atoms with Gasteiger partial charge in [-0.15, -0.1) is 0 Å². The van der Waals surface area contributed by atoms with E-state index in [0.717, 1.165) is 12.0 Å². The molecule has 0 radical (unpaired) electrons. The molecule has 2 rings (SSSR count). The van der Waals surface area contributed by atoms with Crippen molar-refractivity contribution in [2.45, 2.75) is 47.0 Å². The van der Waals surface area contributed by atoms with Crippen LogP contribution in [0.25, 0.3) is 0 Å². The van der Waals surface area contributed by atoms with E-state index in [0.29, 0.717) is 5.78 Å². The normalized spacial score (nSPS) is 34.3. The summed E-state index contributed by atoms with van der Waals surface area (Å²) in [5, 5.41) is 0. The van der Waals surface area contributed by atoms with Gasteiger partial charge in [0.1, 0.15) is 0 Å². The minimum Gasteiger partial charge on any atom is -0.294 e. The monoisotopic (exact) mass is 204 g/mol. The number of Topliss-reactive ketones (excluding diaryl/α,β-unsaturated/α-hetero) is 1. The number of fused-ring (bicyclic) bond motifs is 1. The minimum absolute atomic E-state index is 0.194. The lowest BCUT2D eigenvalue weighted by atomic mass is 9.57. The molecule has 1 heteroatoms. The predicted molar refractivity (Wildman–Crippen MR) is 62.6 cm³/mol. The molecule has 0 spiro atoms. The van der Waals surface area contributed by atoms with Crippen molar-refractivity contribution >= 4 is 5.78 Å². The van der Waals surface area contributed by atoms with Gasteiger partial charge in [0, 0.05) is 0 Å². The molecular weight excluding hydrogens is 184 g/mol. The fourth-order valence-corrected chi connectivity index (χ4v) is 3.26. The molecule has 1 nitrogen and oxygen atoms in total. The second-order valence-electron chi connectivity index (χ2n) is 5.83. The molecule has 82 valence electrons. The van der Waals surface area contributed by atoms with Crippen LogP contribution in [-0.4, -0.2) is 5.78 Å². The summed E-state index contributed by atoms with van der Waals surface area (Å²) in [6.45, 7) is 8.58. The van der Waals surface area contributed by atoms with Gasteiger partial charge in [0.2, 0.25) is 0 Å². The zero-order valence-corrected chi connectivity index (χ0v) is 10.2. The van der Waals surface area contributed by atoms with E-state index >= 15 is 0 Å². The second kappa shape index (κ2) is 3.07. The van der Waals surface area contributed by atoms with Crippen LogP contribution in [0.5, 0.6) is 0 Å². The van der Waals surface area contributed by atoms with E-state index in [-0.39, 0.29) is 10.8 Å². The predicted octanol–water partition coefficient (Wildman–Crippen LogP) is 3.66. The first kappa shape index (κ1) is 10.7. The molecule has 0 aromatic heterocycles. The van der Waals surface area contributed by atoms with Gasteiger partial charge in [0.15, 0.2) is 5.78 Å². The molecule has 2 aliphatic carbocycles. The zero-order valence-electron chi connectivity index (χ0n) is 10.2. The Labute approximate surface area is 92.3 Å². The van der Waals surface area contributed by atoms with E-state index in [2.05, 4.69) is 26.8 Å². The Morgan fingerprint density at radius 1 is 1.13 bits per heavy atom. The lowest BCUT2D eigenvalue weighted by Crippen LogP contribution is -2.41. The molecule has 0 aromatic rings. The van der Waals surface area contributed by atoms with Crippen molar-refractivity contribution in [3.63, 3.8) is 0 Å². The molecule has 0 N–H and O–H groups in total. The van der Waals surface area contributed by atoms with Gasteiger partial charge in [0.25, 0.3) is 0 Å². The number of carbonyl (C=O) groups is 1. The number of allylic oxidation sites excluding steroid dienone is 4. The molecule has 0 amide bonds. The van der Waals surface area contributed by atoms with Gasteiger partial charge in [-0.1, -0.05) is 38.0 Å². The standard InChI is InChI=1S/C14H20O/c1-10-6-7-11-13(2,3)8-5-9-14(11,4)12(10)15/h6-7H,5,8-9H2,1-4H3/t14-/m0/s1. The average Bonchev–Trinajstić information content (AvgIpc) is 2.12. The first-order chi connectivity index (χ1) is 6.88. The third-order valence-electron chi connectivity index (χ3n) is 4.16. The van der Waals surface area contributed by atoms with Gasteiger partial charge >= 0.3 is 0 Å². The summed E-state index contributed by atoms with van der Waals surface area (Å²) in [6.07, 6.45) is 7.57. The minimum atomic E-state index is -0.208. The maximum Gasteiger partial charge on any atom is 0.168 e. The van der Waals surface area contributed by atoms with Crippen LogP contribution in [0.3, 0.4) is 0 Å². The fraction of sp³-hybridized carbons (Fsp3) is 0.643. The molecule has 0 bridgehead atoms. The summed E-state index contributed by atoms with van der Waals surface area (Å²) in [4.78, 5) is 12.3. The van der Waals surface area contributed by atoms with E-state index < -0.39 is 0 Å². The lowest BCUT2D eigenvalue weighted by Gasteiger charge is -2.46. The smallest absolute Gasteiger partial charge is 0.168 e. The first-order valence-electron chi connectivity index (χ1n) is 5.82. The number of carbonyl (C=O) groups excluding carboxylic acids is 1. The van der Waals surface area contributed by atoms with Crippen molar-refractivity contribution in [2.24, 2.45) is 10.8 Å². The van der Waals surface area contributed by atoms with E-state index in [1.165, 1.54) is 18.4 Å². The van der Waals surface area contributed by atoms with E-state index in [4.69, 9.17) is 0 Å². The highest BCUT2D eigenvalue weighted by Gasteiger charge is 2.47. The molecule has 0 unspecified atom stereocenters. The van der Waals surface area contributed by atoms with Crippen molar-refractivity contribution in [3.8, 4) is 0 Å². The van der Waals surface area contributed by atoms with Crippen LogP contribution in [0.4, 0.5) is 0 Å². The highest BCUT2D eigenvalue weighted by molar-refractivity contribution is 6.03. The van der Waals surface area contributed by atoms with E-state index in [1.807, 2.05) is 13.0 Å². The SMILES string of the molecule is CC1=CC=C2C(C)(C)CCC[C@]2(C)C1=O. The van der Waals surface area contributed by atoms with Crippen molar-refractivity contribution in [2.75, 3.05) is 0 Å². The molecule has 15 heavy (non-hydrogen) atoms. The quantitative estimate of drug-likeness (QED) is 0.588. The number of hydrogen-bond acceptors (Lipinski definition) is 1. The Morgan fingerprint density at radius 3 is 2.47 bits per heavy atom. The van der Waals surface area contributed by atoms with Crippen LogP contribution in [0, 0.1) is 10.8 Å². The molecule has 2 aliphatic rings. The van der Waals surface area contributed by atoms with Crippen molar-refractivity contribution in [1.82, 2.24) is 0 Å². The van der Waals surface area contributed by atoms with Crippen molar-refractivity contribution < 1.29 is 4.79 Å². The third kappa shape index (κ3) is 1.40. The first-order valence-corrected chi connectivity index (χ1v) is 5.82. The van der Waals surface area contributed by atoms with Gasteiger partial charge in [-0.05, 0) is 37.7 Å². The van der Waals surface area contributed by atoms with E-state index in [1.54, 1.807) is 0 Å². The van der Waals surface area contributed by atoms with Crippen molar-refractivity contribution in [1.29, 1.82) is 0 Å². The zero-order chi connectivity index (χ0) is 11.3. The molecule has 1 fully saturated rings. The Kier molecular flexibility index (Phi) is 2.18. The molecule has 1 saturated carbocycles. The van der Waals surface area contributed by atoms with Gasteiger partial charge < -0.3 is 0 Å². The molecule has 0 aromatic carbocycles. The van der Waals surface area contributed by atoms with Crippen molar-refractivity contribution in [3.05, 3.63) is 23.3 Å². The topological polar surface area (TPSA) is 17.1 Å². The summed E-state index contributed by atoms with van der Waals surface area (Å²) < 4.78 is 0. The number of rotatable bonds is 0. The second-order valence-corrected chi connectivity index (χ2v) is 5.83. The fourth-order valence-electron chi connectivity index (χ4n) is 3.26. The number of ketones is 1. The number of hydrogen-bond donors (Lipinski definition) is 0. The Bertz CT molecular complexity index is 371.